The van der Waals surface area contributed by atoms with Gasteiger partial charge in [0.25, 0.3) is 5.91 Å². The number of methoxy groups -OCH3 is 1. The highest BCUT2D eigenvalue weighted by molar-refractivity contribution is 5.95. The summed E-state index contributed by atoms with van der Waals surface area (Å²) in [5.74, 6) is -0.788. The van der Waals surface area contributed by atoms with E-state index >= 15 is 0 Å². The van der Waals surface area contributed by atoms with Crippen LogP contribution in [0.4, 0.5) is 0 Å². The molecule has 1 amide bonds. The summed E-state index contributed by atoms with van der Waals surface area (Å²) in [5, 5.41) is 0. The molecule has 0 atom stereocenters. The Morgan fingerprint density at radius 3 is 2.53 bits per heavy atom. The molecule has 15 heavy (non-hydrogen) atoms. The predicted molar refractivity (Wildman–Crippen MR) is 51.0 cm³/mol. The zero-order valence-corrected chi connectivity index (χ0v) is 8.51. The summed E-state index contributed by atoms with van der Waals surface area (Å²) in [5.41, 5.74) is 0.337. The first-order valence-electron chi connectivity index (χ1n) is 4.22. The molecule has 0 aliphatic carbocycles. The van der Waals surface area contributed by atoms with Crippen LogP contribution in [0.15, 0.2) is 18.7 Å². The number of carbonyl (C=O) groups excluding carboxylic acids is 2. The minimum absolute atomic E-state index is 0.0930. The molecule has 6 nitrogen and oxygen atoms in total. The molecule has 0 bridgehead atoms. The normalized spacial score (nSPS) is 9.47. The van der Waals surface area contributed by atoms with Crippen molar-refractivity contribution in [3.8, 4) is 0 Å². The summed E-state index contributed by atoms with van der Waals surface area (Å²) < 4.78 is 4.44. The second kappa shape index (κ2) is 5.04. The fourth-order valence-electron chi connectivity index (χ4n) is 0.960. The van der Waals surface area contributed by atoms with Crippen LogP contribution in [0.25, 0.3) is 0 Å². The third-order valence-electron chi connectivity index (χ3n) is 1.75. The molecule has 0 aliphatic rings. The van der Waals surface area contributed by atoms with Crippen LogP contribution in [0.3, 0.4) is 0 Å². The molecule has 0 unspecified atom stereocenters. The van der Waals surface area contributed by atoms with E-state index in [9.17, 15) is 9.59 Å². The van der Waals surface area contributed by atoms with Crippen LogP contribution in [-0.2, 0) is 9.53 Å². The van der Waals surface area contributed by atoms with Gasteiger partial charge in [0.1, 0.15) is 12.9 Å². The Bertz CT molecular complexity index is 353. The van der Waals surface area contributed by atoms with Crippen molar-refractivity contribution in [1.82, 2.24) is 14.9 Å². The van der Waals surface area contributed by atoms with E-state index in [1.165, 1.54) is 37.8 Å². The second-order valence-electron chi connectivity index (χ2n) is 2.86. The van der Waals surface area contributed by atoms with Crippen molar-refractivity contribution in [3.05, 3.63) is 24.3 Å². The van der Waals surface area contributed by atoms with E-state index in [0.29, 0.717) is 5.56 Å². The fourth-order valence-corrected chi connectivity index (χ4v) is 0.960. The Hall–Kier alpha value is -1.98. The summed E-state index contributed by atoms with van der Waals surface area (Å²) in [6, 6.07) is 0. The summed E-state index contributed by atoms with van der Waals surface area (Å²) in [7, 11) is 2.78. The minimum Gasteiger partial charge on any atom is -0.468 e. The van der Waals surface area contributed by atoms with Gasteiger partial charge in [0.15, 0.2) is 0 Å². The van der Waals surface area contributed by atoms with E-state index in [-0.39, 0.29) is 12.5 Å². The average molecular weight is 209 g/mol. The van der Waals surface area contributed by atoms with Crippen LogP contribution < -0.4 is 0 Å². The van der Waals surface area contributed by atoms with Gasteiger partial charge in [-0.3, -0.25) is 9.59 Å². The summed E-state index contributed by atoms with van der Waals surface area (Å²) >= 11 is 0. The number of likely N-dealkylation sites (N-methyl/N-ethyl adjacent to an activating group) is 1. The fraction of sp³-hybridized carbons (Fsp3) is 0.333. The maximum Gasteiger partial charge on any atom is 0.325 e. The molecule has 0 spiro atoms. The molecule has 0 radical (unpaired) electrons. The second-order valence-corrected chi connectivity index (χ2v) is 2.86. The van der Waals surface area contributed by atoms with Crippen molar-refractivity contribution in [2.24, 2.45) is 0 Å². The van der Waals surface area contributed by atoms with Gasteiger partial charge in [-0.25, -0.2) is 9.97 Å². The predicted octanol–water partition coefficient (Wildman–Crippen LogP) is -0.278. The van der Waals surface area contributed by atoms with E-state index in [1.807, 2.05) is 0 Å². The minimum atomic E-state index is -0.470. The largest absolute Gasteiger partial charge is 0.468 e. The van der Waals surface area contributed by atoms with E-state index in [2.05, 4.69) is 14.7 Å². The summed E-state index contributed by atoms with van der Waals surface area (Å²) in [6.45, 7) is -0.0930. The van der Waals surface area contributed by atoms with E-state index in [1.54, 1.807) is 0 Å². The van der Waals surface area contributed by atoms with Crippen LogP contribution in [0.1, 0.15) is 10.4 Å². The number of aromatic nitrogens is 2. The van der Waals surface area contributed by atoms with Crippen LogP contribution in [0.5, 0.6) is 0 Å². The Morgan fingerprint density at radius 2 is 2.00 bits per heavy atom. The SMILES string of the molecule is COC(=O)CN(C)C(=O)c1cncnc1. The molecular formula is C9H11N3O3. The first-order valence-corrected chi connectivity index (χ1v) is 4.22. The van der Waals surface area contributed by atoms with Gasteiger partial charge in [-0.05, 0) is 0 Å². The number of amides is 1. The van der Waals surface area contributed by atoms with Crippen molar-refractivity contribution in [3.63, 3.8) is 0 Å². The molecule has 0 saturated heterocycles. The Labute approximate surface area is 86.9 Å². The van der Waals surface area contributed by atoms with Gasteiger partial charge >= 0.3 is 5.97 Å². The number of hydrogen-bond donors (Lipinski definition) is 0. The topological polar surface area (TPSA) is 72.4 Å². The molecule has 0 fully saturated rings. The molecular weight excluding hydrogens is 198 g/mol. The highest BCUT2D eigenvalue weighted by Gasteiger charge is 2.15. The van der Waals surface area contributed by atoms with Crippen molar-refractivity contribution >= 4 is 11.9 Å². The first-order chi connectivity index (χ1) is 7.15. The molecule has 0 saturated carbocycles. The molecule has 1 heterocycles. The van der Waals surface area contributed by atoms with Crippen LogP contribution in [0.2, 0.25) is 0 Å². The monoisotopic (exact) mass is 209 g/mol. The molecule has 0 aliphatic heterocycles. The third kappa shape index (κ3) is 3.01. The lowest BCUT2D eigenvalue weighted by Gasteiger charge is -2.14. The van der Waals surface area contributed by atoms with Crippen molar-refractivity contribution in [2.75, 3.05) is 20.7 Å². The Balaban J connectivity index is 2.65. The molecule has 1 aromatic heterocycles. The molecule has 80 valence electrons. The molecule has 6 heteroatoms. The standard InChI is InChI=1S/C9H11N3O3/c1-12(5-8(13)15-2)9(14)7-3-10-6-11-4-7/h3-4,6H,5H2,1-2H3. The quantitative estimate of drug-likeness (QED) is 0.640. The third-order valence-corrected chi connectivity index (χ3v) is 1.75. The highest BCUT2D eigenvalue weighted by Crippen LogP contribution is 1.99. The zero-order chi connectivity index (χ0) is 11.3. The molecule has 1 rings (SSSR count). The summed E-state index contributed by atoms with van der Waals surface area (Å²) in [6.07, 6.45) is 4.11. The van der Waals surface area contributed by atoms with Crippen molar-refractivity contribution in [2.45, 2.75) is 0 Å². The highest BCUT2D eigenvalue weighted by atomic mass is 16.5. The number of esters is 1. The smallest absolute Gasteiger partial charge is 0.325 e. The average Bonchev–Trinajstić information content (AvgIpc) is 2.29. The van der Waals surface area contributed by atoms with Gasteiger partial charge in [0.05, 0.1) is 12.7 Å². The van der Waals surface area contributed by atoms with Gasteiger partial charge in [0, 0.05) is 19.4 Å². The lowest BCUT2D eigenvalue weighted by molar-refractivity contribution is -0.141. The van der Waals surface area contributed by atoms with Gasteiger partial charge in [-0.2, -0.15) is 0 Å². The Morgan fingerprint density at radius 1 is 1.40 bits per heavy atom. The van der Waals surface area contributed by atoms with Gasteiger partial charge in [0.2, 0.25) is 0 Å². The maximum absolute atomic E-state index is 11.6. The molecule has 0 N–H and O–H groups in total. The lowest BCUT2D eigenvalue weighted by Crippen LogP contribution is -2.32. The van der Waals surface area contributed by atoms with Gasteiger partial charge in [-0.15, -0.1) is 0 Å². The number of rotatable bonds is 3. The number of carbonyl (C=O) groups is 2. The van der Waals surface area contributed by atoms with Gasteiger partial charge < -0.3 is 9.64 Å². The molecule has 1 aromatic rings. The van der Waals surface area contributed by atoms with Crippen LogP contribution in [-0.4, -0.2) is 47.4 Å². The molecule has 0 aromatic carbocycles. The maximum atomic E-state index is 11.6. The first kappa shape index (κ1) is 11.1. The van der Waals surface area contributed by atoms with Gasteiger partial charge in [-0.1, -0.05) is 0 Å². The lowest BCUT2D eigenvalue weighted by atomic mass is 10.3. The van der Waals surface area contributed by atoms with Crippen LogP contribution in [0, 0.1) is 0 Å². The van der Waals surface area contributed by atoms with E-state index in [0.717, 1.165) is 0 Å². The van der Waals surface area contributed by atoms with E-state index in [4.69, 9.17) is 0 Å². The number of hydrogen-bond acceptors (Lipinski definition) is 5. The van der Waals surface area contributed by atoms with Crippen molar-refractivity contribution in [1.29, 1.82) is 0 Å². The van der Waals surface area contributed by atoms with Crippen LogP contribution >= 0.6 is 0 Å². The number of nitrogens with zero attached hydrogens (tertiary/aromatic N) is 3. The number of ether oxygens (including phenoxy) is 1. The Kier molecular flexibility index (Phi) is 3.73. The van der Waals surface area contributed by atoms with Crippen molar-refractivity contribution < 1.29 is 14.3 Å². The zero-order valence-electron chi connectivity index (χ0n) is 8.51. The summed E-state index contributed by atoms with van der Waals surface area (Å²) in [4.78, 5) is 31.2. The van der Waals surface area contributed by atoms with E-state index < -0.39 is 5.97 Å².